The Balaban J connectivity index is 1.39. The highest BCUT2D eigenvalue weighted by atomic mass is 32.2. The number of nitrogens with two attached hydrogens (primary N) is 1. The summed E-state index contributed by atoms with van der Waals surface area (Å²) in [6.07, 6.45) is 5.34. The van der Waals surface area contributed by atoms with Crippen LogP contribution in [0, 0.1) is 0 Å². The van der Waals surface area contributed by atoms with E-state index in [1.54, 1.807) is 6.26 Å². The van der Waals surface area contributed by atoms with E-state index in [-0.39, 0.29) is 23.2 Å². The van der Waals surface area contributed by atoms with Gasteiger partial charge in [-0.05, 0) is 37.8 Å². The molecule has 0 bridgehead atoms. The number of hydrogen-bond acceptors (Lipinski definition) is 8. The maximum absolute atomic E-state index is 12.8. The molecule has 3 aromatic heterocycles. The second-order valence-electron chi connectivity index (χ2n) is 7.61. The molecule has 10 nitrogen and oxygen atoms in total. The van der Waals surface area contributed by atoms with Crippen molar-refractivity contribution >= 4 is 23.4 Å². The topological polar surface area (TPSA) is 142 Å². The molecule has 2 aliphatic rings. The Morgan fingerprint density at radius 1 is 1.27 bits per heavy atom. The molecule has 3 aromatic rings. The average molecular weight is 428 g/mol. The Hall–Kier alpha value is -3.08. The van der Waals surface area contributed by atoms with Gasteiger partial charge in [-0.15, -0.1) is 10.2 Å². The number of aromatic amines is 1. The normalized spacial score (nSPS) is 16.1. The van der Waals surface area contributed by atoms with Crippen LogP contribution in [0.5, 0.6) is 0 Å². The maximum Gasteiger partial charge on any atom is 0.330 e. The van der Waals surface area contributed by atoms with E-state index in [9.17, 15) is 14.4 Å². The van der Waals surface area contributed by atoms with E-state index in [0.29, 0.717) is 17.6 Å². The molecule has 0 saturated heterocycles. The van der Waals surface area contributed by atoms with E-state index in [2.05, 4.69) is 15.2 Å². The van der Waals surface area contributed by atoms with Crippen molar-refractivity contribution in [2.24, 2.45) is 0 Å². The summed E-state index contributed by atoms with van der Waals surface area (Å²) >= 11 is 1.19. The molecule has 0 spiro atoms. The number of anilines is 1. The van der Waals surface area contributed by atoms with Crippen LogP contribution in [-0.4, -0.2) is 35.9 Å². The van der Waals surface area contributed by atoms with Gasteiger partial charge in [0, 0.05) is 12.0 Å². The van der Waals surface area contributed by atoms with Gasteiger partial charge in [0.05, 0.1) is 18.6 Å². The number of hydrogen-bond donors (Lipinski definition) is 2. The first-order valence-corrected chi connectivity index (χ1v) is 10.8. The Bertz CT molecular complexity index is 1220. The number of ketones is 1. The molecule has 2 aliphatic carbocycles. The van der Waals surface area contributed by atoms with Gasteiger partial charge in [0.25, 0.3) is 5.56 Å². The van der Waals surface area contributed by atoms with E-state index in [1.807, 2.05) is 16.7 Å². The maximum atomic E-state index is 12.8. The minimum absolute atomic E-state index is 0.0445. The molecule has 11 heteroatoms. The number of H-pyrrole nitrogens is 1. The predicted molar refractivity (Wildman–Crippen MR) is 109 cm³/mol. The molecule has 2 fully saturated rings. The second kappa shape index (κ2) is 7.31. The molecule has 0 amide bonds. The monoisotopic (exact) mass is 428 g/mol. The third kappa shape index (κ3) is 3.49. The number of Topliss-reactive ketones (excluding diaryl/α,β-unsaturated/α-hetero) is 1. The van der Waals surface area contributed by atoms with E-state index >= 15 is 0 Å². The summed E-state index contributed by atoms with van der Waals surface area (Å²) < 4.78 is 8.71. The Morgan fingerprint density at radius 3 is 2.73 bits per heavy atom. The van der Waals surface area contributed by atoms with Crippen molar-refractivity contribution in [2.75, 3.05) is 11.5 Å². The molecule has 0 aliphatic heterocycles. The molecule has 5 rings (SSSR count). The molecule has 0 radical (unpaired) electrons. The number of nitrogens with one attached hydrogen (secondary N) is 1. The van der Waals surface area contributed by atoms with Gasteiger partial charge in [0.1, 0.15) is 23.0 Å². The smallest absolute Gasteiger partial charge is 0.330 e. The molecule has 3 heterocycles. The minimum atomic E-state index is -0.754. The van der Waals surface area contributed by atoms with Gasteiger partial charge in [0.2, 0.25) is 0 Å². The van der Waals surface area contributed by atoms with Gasteiger partial charge in [0.15, 0.2) is 10.9 Å². The number of nitrogen functional groups attached to an aromatic ring is 1. The first-order valence-electron chi connectivity index (χ1n) is 9.78. The highest BCUT2D eigenvalue weighted by Gasteiger charge is 2.32. The van der Waals surface area contributed by atoms with Crippen molar-refractivity contribution in [1.29, 1.82) is 0 Å². The molecule has 156 valence electrons. The van der Waals surface area contributed by atoms with Crippen molar-refractivity contribution < 1.29 is 9.21 Å². The average Bonchev–Trinajstić information content (AvgIpc) is 3.63. The summed E-state index contributed by atoms with van der Waals surface area (Å²) in [7, 11) is 0. The molecule has 0 atom stereocenters. The lowest BCUT2D eigenvalue weighted by Crippen LogP contribution is -2.36. The Labute approximate surface area is 174 Å². The van der Waals surface area contributed by atoms with Gasteiger partial charge < -0.3 is 10.2 Å². The molecular formula is C19H20N6O4S. The van der Waals surface area contributed by atoms with E-state index in [0.717, 1.165) is 37.3 Å². The third-order valence-electron chi connectivity index (χ3n) is 5.29. The second-order valence-corrected chi connectivity index (χ2v) is 8.56. The van der Waals surface area contributed by atoms with Gasteiger partial charge in [-0.1, -0.05) is 11.8 Å². The van der Waals surface area contributed by atoms with Crippen molar-refractivity contribution in [1.82, 2.24) is 24.3 Å². The van der Waals surface area contributed by atoms with Crippen molar-refractivity contribution in [3.05, 3.63) is 56.4 Å². The molecule has 0 unspecified atom stereocenters. The summed E-state index contributed by atoms with van der Waals surface area (Å²) in [5, 5.41) is 9.13. The zero-order valence-corrected chi connectivity index (χ0v) is 16.9. The molecule has 0 aromatic carbocycles. The van der Waals surface area contributed by atoms with Crippen LogP contribution in [0.15, 0.2) is 37.6 Å². The predicted octanol–water partition coefficient (Wildman–Crippen LogP) is 1.54. The number of furan rings is 1. The van der Waals surface area contributed by atoms with Crippen LogP contribution in [0.3, 0.4) is 0 Å². The van der Waals surface area contributed by atoms with E-state index in [4.69, 9.17) is 10.2 Å². The van der Waals surface area contributed by atoms with Crippen LogP contribution in [0.2, 0.25) is 0 Å². The Kier molecular flexibility index (Phi) is 4.61. The van der Waals surface area contributed by atoms with Crippen LogP contribution in [0.25, 0.3) is 0 Å². The van der Waals surface area contributed by atoms with Gasteiger partial charge in [-0.2, -0.15) is 0 Å². The fourth-order valence-electron chi connectivity index (χ4n) is 3.49. The first-order chi connectivity index (χ1) is 14.5. The van der Waals surface area contributed by atoms with Gasteiger partial charge in [-0.25, -0.2) is 4.79 Å². The SMILES string of the molecule is Nc1c(C(=O)CSc2nnc(C3CC3)n2Cc2ccco2)c(=O)[nH]c(=O)n1C1CC1. The van der Waals surface area contributed by atoms with Crippen molar-refractivity contribution in [3.8, 4) is 0 Å². The Morgan fingerprint density at radius 2 is 2.07 bits per heavy atom. The van der Waals surface area contributed by atoms with Crippen LogP contribution in [0.4, 0.5) is 5.82 Å². The summed E-state index contributed by atoms with van der Waals surface area (Å²) in [6, 6.07) is 3.64. The number of carbonyl (C=O) groups excluding carboxylic acids is 1. The largest absolute Gasteiger partial charge is 0.467 e. The minimum Gasteiger partial charge on any atom is -0.467 e. The van der Waals surface area contributed by atoms with E-state index < -0.39 is 17.0 Å². The van der Waals surface area contributed by atoms with Crippen LogP contribution in [-0.2, 0) is 6.54 Å². The molecular weight excluding hydrogens is 408 g/mol. The van der Waals surface area contributed by atoms with Gasteiger partial charge in [-0.3, -0.25) is 23.7 Å². The summed E-state index contributed by atoms with van der Waals surface area (Å²) in [5.41, 5.74) is 4.54. The van der Waals surface area contributed by atoms with Crippen molar-refractivity contribution in [3.63, 3.8) is 0 Å². The van der Waals surface area contributed by atoms with Crippen LogP contribution in [0.1, 0.15) is 59.6 Å². The number of aromatic nitrogens is 5. The summed E-state index contributed by atoms with van der Waals surface area (Å²) in [6.45, 7) is 0.470. The highest BCUT2D eigenvalue weighted by Crippen LogP contribution is 2.40. The zero-order valence-electron chi connectivity index (χ0n) is 16.0. The molecule has 3 N–H and O–H groups in total. The number of nitrogens with zero attached hydrogens (tertiary/aromatic N) is 4. The lowest BCUT2D eigenvalue weighted by atomic mass is 10.2. The first kappa shape index (κ1) is 18.9. The third-order valence-corrected chi connectivity index (χ3v) is 6.25. The molecule has 2 saturated carbocycles. The standard InChI is InChI=1S/C19H20N6O4S/c20-15-14(17(27)21-18(28)25(15)11-5-6-11)13(26)9-30-19-23-22-16(10-3-4-10)24(19)8-12-2-1-7-29-12/h1-2,7,10-11H,3-6,8-9,20H2,(H,21,27,28). The summed E-state index contributed by atoms with van der Waals surface area (Å²) in [4.78, 5) is 39.4. The fourth-order valence-corrected chi connectivity index (χ4v) is 4.31. The number of rotatable bonds is 8. The zero-order chi connectivity index (χ0) is 20.8. The number of thioether (sulfide) groups is 1. The lowest BCUT2D eigenvalue weighted by Gasteiger charge is -2.11. The van der Waals surface area contributed by atoms with Gasteiger partial charge >= 0.3 is 5.69 Å². The summed E-state index contributed by atoms with van der Waals surface area (Å²) in [5.74, 6) is 1.46. The molecule has 30 heavy (non-hydrogen) atoms. The van der Waals surface area contributed by atoms with Crippen molar-refractivity contribution in [2.45, 2.75) is 49.3 Å². The highest BCUT2D eigenvalue weighted by molar-refractivity contribution is 7.99. The lowest BCUT2D eigenvalue weighted by molar-refractivity contribution is 0.102. The number of carbonyl (C=O) groups is 1. The van der Waals surface area contributed by atoms with E-state index in [1.165, 1.54) is 16.3 Å². The fraction of sp³-hybridized carbons (Fsp3) is 0.421. The van der Waals surface area contributed by atoms with Crippen LogP contribution >= 0.6 is 11.8 Å². The van der Waals surface area contributed by atoms with Crippen LogP contribution < -0.4 is 17.0 Å². The quantitative estimate of drug-likeness (QED) is 0.406.